The Morgan fingerprint density at radius 1 is 1.05 bits per heavy atom. The van der Waals surface area contributed by atoms with Crippen LogP contribution in [0.3, 0.4) is 0 Å². The molecule has 1 spiro atoms. The van der Waals surface area contributed by atoms with Crippen molar-refractivity contribution in [1.29, 1.82) is 0 Å². The number of nitrogens with zero attached hydrogens (tertiary/aromatic N) is 4. The summed E-state index contributed by atoms with van der Waals surface area (Å²) in [5.41, 5.74) is 2.19. The molecule has 2 fully saturated rings. The highest BCUT2D eigenvalue weighted by Gasteiger charge is 2.50. The van der Waals surface area contributed by atoms with Gasteiger partial charge in [-0.15, -0.1) is 11.3 Å². The molecule has 0 saturated carbocycles. The van der Waals surface area contributed by atoms with Gasteiger partial charge >= 0.3 is 24.3 Å². The van der Waals surface area contributed by atoms with Gasteiger partial charge in [0.05, 0.1) is 22.7 Å². The van der Waals surface area contributed by atoms with E-state index in [0.717, 1.165) is 49.7 Å². The Balaban J connectivity index is 0.000000301. The highest BCUT2D eigenvalue weighted by Crippen LogP contribution is 2.41. The molecule has 4 rings (SSSR count). The quantitative estimate of drug-likeness (QED) is 0.537. The van der Waals surface area contributed by atoms with Gasteiger partial charge in [0, 0.05) is 44.0 Å². The topological polar surface area (TPSA) is 116 Å². The zero-order chi connectivity index (χ0) is 28.9. The first-order valence-electron chi connectivity index (χ1n) is 11.1. The first-order chi connectivity index (χ1) is 17.4. The van der Waals surface area contributed by atoms with Gasteiger partial charge in [0.1, 0.15) is 0 Å². The lowest BCUT2D eigenvalue weighted by atomic mass is 9.85. The molecule has 38 heavy (non-hydrogen) atoms. The van der Waals surface area contributed by atoms with Crippen molar-refractivity contribution in [2.24, 2.45) is 12.5 Å². The Kier molecular flexibility index (Phi) is 9.94. The smallest absolute Gasteiger partial charge is 0.475 e. The molecule has 16 heteroatoms. The molecule has 0 aliphatic carbocycles. The molecule has 4 heterocycles. The van der Waals surface area contributed by atoms with E-state index in [4.69, 9.17) is 19.8 Å². The highest BCUT2D eigenvalue weighted by molar-refractivity contribution is 7.09. The van der Waals surface area contributed by atoms with Gasteiger partial charge in [0.25, 0.3) is 0 Å². The van der Waals surface area contributed by atoms with Crippen LogP contribution in [0, 0.1) is 12.3 Å². The van der Waals surface area contributed by atoms with Crippen molar-refractivity contribution in [3.63, 3.8) is 0 Å². The third-order valence-electron chi connectivity index (χ3n) is 5.98. The van der Waals surface area contributed by atoms with E-state index in [1.54, 1.807) is 11.3 Å². The van der Waals surface area contributed by atoms with Crippen LogP contribution in [0.2, 0.25) is 0 Å². The number of carboxylic acids is 2. The van der Waals surface area contributed by atoms with Crippen LogP contribution in [-0.4, -0.2) is 79.4 Å². The molecule has 0 radical (unpaired) electrons. The lowest BCUT2D eigenvalue weighted by Gasteiger charge is -2.23. The van der Waals surface area contributed by atoms with E-state index in [1.165, 1.54) is 5.69 Å². The lowest BCUT2D eigenvalue weighted by Crippen LogP contribution is -2.36. The van der Waals surface area contributed by atoms with E-state index in [2.05, 4.69) is 45.2 Å². The molecule has 2 saturated heterocycles. The minimum Gasteiger partial charge on any atom is -0.475 e. The minimum atomic E-state index is -5.08. The van der Waals surface area contributed by atoms with Crippen molar-refractivity contribution in [2.75, 3.05) is 19.6 Å². The van der Waals surface area contributed by atoms with Gasteiger partial charge in [0.2, 0.25) is 5.91 Å². The van der Waals surface area contributed by atoms with Crippen molar-refractivity contribution in [3.8, 4) is 0 Å². The van der Waals surface area contributed by atoms with E-state index in [9.17, 15) is 31.1 Å². The molecule has 0 aromatic carbocycles. The summed E-state index contributed by atoms with van der Waals surface area (Å²) in [7, 11) is 2.08. The molecule has 2 aromatic heterocycles. The summed E-state index contributed by atoms with van der Waals surface area (Å²) in [5, 5.41) is 17.4. The number of aromatic nitrogens is 2. The number of halogens is 6. The van der Waals surface area contributed by atoms with Gasteiger partial charge in [-0.2, -0.15) is 26.3 Å². The second-order valence-electron chi connectivity index (χ2n) is 8.79. The maximum atomic E-state index is 13.0. The molecule has 1 atom stereocenters. The maximum absolute atomic E-state index is 13.0. The number of aliphatic carboxylic acids is 2. The molecule has 0 bridgehead atoms. The van der Waals surface area contributed by atoms with Crippen molar-refractivity contribution in [2.45, 2.75) is 45.2 Å². The number of amides is 1. The summed E-state index contributed by atoms with van der Waals surface area (Å²) < 4.78 is 65.6. The first kappa shape index (κ1) is 31.1. The molecule has 212 valence electrons. The fraction of sp³-hybridized carbons (Fsp3) is 0.545. The number of hydrogen-bond donors (Lipinski definition) is 2. The van der Waals surface area contributed by atoms with Gasteiger partial charge in [-0.1, -0.05) is 0 Å². The number of carbonyl (C=O) groups is 3. The Morgan fingerprint density at radius 3 is 2.05 bits per heavy atom. The van der Waals surface area contributed by atoms with Crippen LogP contribution >= 0.6 is 11.3 Å². The van der Waals surface area contributed by atoms with Gasteiger partial charge < -0.3 is 19.7 Å². The van der Waals surface area contributed by atoms with E-state index >= 15 is 0 Å². The standard InChI is InChI=1S/C18H24N4OS.2C2HF3O2/c1-14-19-15(12-24-14)10-22-9-6-18(17(22)23)5-8-21(13-18)11-16-4-3-7-20(16)2;2*3-2(4,5)1(6)7/h3-4,7,12H,5-6,8-11,13H2,1-2H3;2*(H,6,7). The van der Waals surface area contributed by atoms with Gasteiger partial charge in [-0.25, -0.2) is 14.6 Å². The number of hydrogen-bond acceptors (Lipinski definition) is 6. The normalized spacial score (nSPS) is 19.7. The summed E-state index contributed by atoms with van der Waals surface area (Å²) in [5.74, 6) is -5.18. The van der Waals surface area contributed by atoms with Crippen LogP contribution in [0.4, 0.5) is 26.3 Å². The third-order valence-corrected chi connectivity index (χ3v) is 6.80. The number of carboxylic acid groups (broad SMARTS) is 2. The van der Waals surface area contributed by atoms with Crippen LogP contribution in [-0.2, 0) is 34.5 Å². The Hall–Kier alpha value is -3.14. The van der Waals surface area contributed by atoms with Crippen molar-refractivity contribution in [1.82, 2.24) is 19.4 Å². The summed E-state index contributed by atoms with van der Waals surface area (Å²) in [6.07, 6.45) is -6.11. The summed E-state index contributed by atoms with van der Waals surface area (Å²) in [4.78, 5) is 39.8. The number of carbonyl (C=O) groups excluding carboxylic acids is 1. The lowest BCUT2D eigenvalue weighted by molar-refractivity contribution is -0.193. The molecule has 2 aliphatic heterocycles. The van der Waals surface area contributed by atoms with Crippen LogP contribution in [0.5, 0.6) is 0 Å². The molecule has 9 nitrogen and oxygen atoms in total. The average molecular weight is 573 g/mol. The second kappa shape index (κ2) is 12.1. The van der Waals surface area contributed by atoms with Crippen LogP contribution in [0.15, 0.2) is 23.7 Å². The second-order valence-corrected chi connectivity index (χ2v) is 9.85. The Bertz CT molecular complexity index is 1110. The SMILES string of the molecule is Cc1nc(CN2CCC3(CCN(Cc4cccn4C)C3)C2=O)cs1.O=C(O)C(F)(F)F.O=C(O)C(F)(F)F. The fourth-order valence-corrected chi connectivity index (χ4v) is 4.69. The number of aryl methyl sites for hydroxylation is 2. The molecular weight excluding hydrogens is 546 g/mol. The maximum Gasteiger partial charge on any atom is 0.490 e. The van der Waals surface area contributed by atoms with Crippen molar-refractivity contribution in [3.05, 3.63) is 40.1 Å². The monoisotopic (exact) mass is 572 g/mol. The number of alkyl halides is 6. The van der Waals surface area contributed by atoms with Gasteiger partial charge in [0.15, 0.2) is 0 Å². The predicted octanol–water partition coefficient (Wildman–Crippen LogP) is 3.68. The van der Waals surface area contributed by atoms with Crippen LogP contribution < -0.4 is 0 Å². The van der Waals surface area contributed by atoms with E-state index < -0.39 is 24.3 Å². The predicted molar refractivity (Wildman–Crippen MR) is 122 cm³/mol. The Labute approximate surface area is 217 Å². The third kappa shape index (κ3) is 8.44. The fourth-order valence-electron chi connectivity index (χ4n) is 4.08. The first-order valence-corrected chi connectivity index (χ1v) is 12.0. The molecule has 1 amide bonds. The number of likely N-dealkylation sites (tertiary alicyclic amines) is 2. The van der Waals surface area contributed by atoms with Gasteiger partial charge in [-0.3, -0.25) is 9.69 Å². The van der Waals surface area contributed by atoms with E-state index in [-0.39, 0.29) is 5.41 Å². The van der Waals surface area contributed by atoms with E-state index in [0.29, 0.717) is 12.5 Å². The molecule has 2 aliphatic rings. The van der Waals surface area contributed by atoms with E-state index in [1.807, 2.05) is 11.8 Å². The molecular formula is C22H26F6N4O5S. The Morgan fingerprint density at radius 2 is 1.61 bits per heavy atom. The van der Waals surface area contributed by atoms with Crippen LogP contribution in [0.25, 0.3) is 0 Å². The molecule has 2 aromatic rings. The number of rotatable bonds is 4. The van der Waals surface area contributed by atoms with Crippen molar-refractivity contribution < 1.29 is 50.9 Å². The van der Waals surface area contributed by atoms with Gasteiger partial charge in [-0.05, 0) is 38.4 Å². The summed E-state index contributed by atoms with van der Waals surface area (Å²) in [6.45, 7) is 6.39. The van der Waals surface area contributed by atoms with Crippen LogP contribution in [0.1, 0.15) is 29.2 Å². The van der Waals surface area contributed by atoms with Crippen molar-refractivity contribution >= 4 is 29.2 Å². The average Bonchev–Trinajstić information content (AvgIpc) is 3.56. The molecule has 2 N–H and O–H groups in total. The summed E-state index contributed by atoms with van der Waals surface area (Å²) in [6, 6.07) is 4.25. The summed E-state index contributed by atoms with van der Waals surface area (Å²) >= 11 is 1.66. The minimum absolute atomic E-state index is 0.157. The number of thiazole rings is 1. The highest BCUT2D eigenvalue weighted by atomic mass is 32.1. The molecule has 1 unspecified atom stereocenters. The zero-order valence-corrected chi connectivity index (χ0v) is 21.2. The zero-order valence-electron chi connectivity index (χ0n) is 20.3. The largest absolute Gasteiger partial charge is 0.490 e.